The summed E-state index contributed by atoms with van der Waals surface area (Å²) in [7, 11) is 0. The number of piperazine rings is 1. The van der Waals surface area contributed by atoms with Gasteiger partial charge in [-0.15, -0.1) is 0 Å². The number of amides is 1. The molecule has 1 aliphatic rings. The van der Waals surface area contributed by atoms with Crippen LogP contribution in [0.5, 0.6) is 0 Å². The van der Waals surface area contributed by atoms with E-state index in [2.05, 4.69) is 32.4 Å². The van der Waals surface area contributed by atoms with Crippen molar-refractivity contribution in [2.45, 2.75) is 32.4 Å². The molecule has 0 spiro atoms. The van der Waals surface area contributed by atoms with Crippen molar-refractivity contribution in [3.63, 3.8) is 0 Å². The summed E-state index contributed by atoms with van der Waals surface area (Å²) in [6, 6.07) is 12.2. The number of aromatic nitrogens is 2. The van der Waals surface area contributed by atoms with E-state index in [-0.39, 0.29) is 12.1 Å². The molecule has 160 valence electrons. The van der Waals surface area contributed by atoms with Crippen LogP contribution in [0, 0.1) is 11.3 Å². The number of nitrogens with zero attached hydrogens (tertiary/aromatic N) is 4. The van der Waals surface area contributed by atoms with Gasteiger partial charge in [0.2, 0.25) is 0 Å². The molecule has 1 amide bonds. The molecule has 7 nitrogen and oxygen atoms in total. The van der Waals surface area contributed by atoms with Gasteiger partial charge in [0.05, 0.1) is 23.3 Å². The van der Waals surface area contributed by atoms with E-state index in [1.807, 2.05) is 57.3 Å². The van der Waals surface area contributed by atoms with Crippen molar-refractivity contribution >= 4 is 27.5 Å². The highest BCUT2D eigenvalue weighted by molar-refractivity contribution is 9.10. The molecule has 0 aliphatic carbocycles. The second-order valence-electron chi connectivity index (χ2n) is 8.55. The number of hydrogen-bond acceptors (Lipinski definition) is 5. The van der Waals surface area contributed by atoms with Gasteiger partial charge in [-0.1, -0.05) is 24.3 Å². The smallest absolute Gasteiger partial charge is 0.410 e. The third-order valence-corrected chi connectivity index (χ3v) is 5.61. The van der Waals surface area contributed by atoms with Crippen LogP contribution in [0.3, 0.4) is 0 Å². The standard InChI is InChI=1S/C23H24BrN5O2/c1-23(2,3)31-22(30)28-9-8-26-13-20(28)16-6-4-15(5-7-16)19-10-18(24)14-29-21(19)17(11-25)12-27-29/h4-7,10,12,14,20,26H,8-9,13H2,1-3H3. The average Bonchev–Trinajstić information content (AvgIpc) is 3.15. The van der Waals surface area contributed by atoms with Crippen LogP contribution in [0.2, 0.25) is 0 Å². The topological polar surface area (TPSA) is 82.7 Å². The van der Waals surface area contributed by atoms with Gasteiger partial charge in [-0.05, 0) is 53.9 Å². The third-order valence-electron chi connectivity index (χ3n) is 5.18. The Morgan fingerprint density at radius 2 is 2.06 bits per heavy atom. The van der Waals surface area contributed by atoms with E-state index < -0.39 is 5.60 Å². The predicted octanol–water partition coefficient (Wildman–Crippen LogP) is 4.52. The lowest BCUT2D eigenvalue weighted by Crippen LogP contribution is -2.50. The highest BCUT2D eigenvalue weighted by Gasteiger charge is 2.31. The van der Waals surface area contributed by atoms with Crippen molar-refractivity contribution in [2.75, 3.05) is 19.6 Å². The van der Waals surface area contributed by atoms with E-state index in [0.717, 1.165) is 33.2 Å². The molecule has 1 fully saturated rings. The summed E-state index contributed by atoms with van der Waals surface area (Å²) < 4.78 is 8.20. The number of halogens is 1. The van der Waals surface area contributed by atoms with Gasteiger partial charge in [-0.2, -0.15) is 10.4 Å². The Kier molecular flexibility index (Phi) is 5.73. The third kappa shape index (κ3) is 4.43. The van der Waals surface area contributed by atoms with Crippen LogP contribution in [-0.2, 0) is 4.74 Å². The molecule has 8 heteroatoms. The summed E-state index contributed by atoms with van der Waals surface area (Å²) in [5.41, 5.74) is 3.68. The Morgan fingerprint density at radius 3 is 2.74 bits per heavy atom. The van der Waals surface area contributed by atoms with Gasteiger partial charge in [-0.25, -0.2) is 9.31 Å². The Hall–Kier alpha value is -2.89. The molecule has 0 radical (unpaired) electrons. The molecular formula is C23H24BrN5O2. The van der Waals surface area contributed by atoms with Crippen LogP contribution in [0.25, 0.3) is 16.6 Å². The van der Waals surface area contributed by atoms with Crippen molar-refractivity contribution in [3.05, 3.63) is 58.3 Å². The Labute approximate surface area is 189 Å². The largest absolute Gasteiger partial charge is 0.444 e. The number of pyridine rings is 1. The summed E-state index contributed by atoms with van der Waals surface area (Å²) in [6.45, 7) is 7.63. The van der Waals surface area contributed by atoms with Crippen molar-refractivity contribution in [1.29, 1.82) is 5.26 Å². The van der Waals surface area contributed by atoms with E-state index >= 15 is 0 Å². The molecule has 0 bridgehead atoms. The fourth-order valence-electron chi connectivity index (χ4n) is 3.82. The molecule has 31 heavy (non-hydrogen) atoms. The lowest BCUT2D eigenvalue weighted by Gasteiger charge is -2.37. The molecule has 4 rings (SSSR count). The number of ether oxygens (including phenoxy) is 1. The number of carbonyl (C=O) groups excluding carboxylic acids is 1. The molecule has 1 aromatic carbocycles. The van der Waals surface area contributed by atoms with E-state index in [0.29, 0.717) is 18.7 Å². The molecule has 2 aromatic heterocycles. The summed E-state index contributed by atoms with van der Waals surface area (Å²) in [5.74, 6) is 0. The quantitative estimate of drug-likeness (QED) is 0.581. The van der Waals surface area contributed by atoms with Gasteiger partial charge >= 0.3 is 6.09 Å². The highest BCUT2D eigenvalue weighted by Crippen LogP contribution is 2.32. The van der Waals surface area contributed by atoms with Gasteiger partial charge in [0.15, 0.2) is 0 Å². The first-order valence-electron chi connectivity index (χ1n) is 10.1. The maximum Gasteiger partial charge on any atom is 0.410 e. The number of fused-ring (bicyclic) bond motifs is 1. The lowest BCUT2D eigenvalue weighted by atomic mass is 9.98. The first-order chi connectivity index (χ1) is 14.8. The Balaban J connectivity index is 1.67. The summed E-state index contributed by atoms with van der Waals surface area (Å²) in [4.78, 5) is 14.5. The zero-order valence-electron chi connectivity index (χ0n) is 17.7. The fraction of sp³-hybridized carbons (Fsp3) is 0.348. The number of rotatable bonds is 2. The molecule has 0 saturated carbocycles. The number of benzene rings is 1. The van der Waals surface area contributed by atoms with Gasteiger partial charge < -0.3 is 10.1 Å². The maximum absolute atomic E-state index is 12.7. The van der Waals surface area contributed by atoms with Crippen LogP contribution in [-0.4, -0.2) is 45.8 Å². The van der Waals surface area contributed by atoms with Gasteiger partial charge in [0.1, 0.15) is 11.7 Å². The zero-order valence-corrected chi connectivity index (χ0v) is 19.3. The van der Waals surface area contributed by atoms with Crippen LogP contribution in [0.1, 0.15) is 37.9 Å². The lowest BCUT2D eigenvalue weighted by molar-refractivity contribution is 0.0118. The number of nitrogens with one attached hydrogen (secondary N) is 1. The molecular weight excluding hydrogens is 458 g/mol. The van der Waals surface area contributed by atoms with E-state index in [1.54, 1.807) is 15.6 Å². The van der Waals surface area contributed by atoms with E-state index in [4.69, 9.17) is 4.74 Å². The summed E-state index contributed by atoms with van der Waals surface area (Å²) in [5, 5.41) is 17.1. The number of hydrogen-bond donors (Lipinski definition) is 1. The molecule has 3 heterocycles. The minimum absolute atomic E-state index is 0.107. The predicted molar refractivity (Wildman–Crippen MR) is 122 cm³/mol. The number of carbonyl (C=O) groups is 1. The van der Waals surface area contributed by atoms with Crippen LogP contribution in [0.4, 0.5) is 4.79 Å². The SMILES string of the molecule is CC(C)(C)OC(=O)N1CCNCC1c1ccc(-c2cc(Br)cn3ncc(C#N)c23)cc1. The summed E-state index contributed by atoms with van der Waals surface area (Å²) >= 11 is 3.53. The van der Waals surface area contributed by atoms with Crippen LogP contribution >= 0.6 is 15.9 Å². The zero-order chi connectivity index (χ0) is 22.2. The average molecular weight is 482 g/mol. The van der Waals surface area contributed by atoms with Crippen LogP contribution in [0.15, 0.2) is 47.2 Å². The fourth-order valence-corrected chi connectivity index (χ4v) is 4.24. The minimum Gasteiger partial charge on any atom is -0.444 e. The second kappa shape index (κ2) is 8.33. The molecule has 1 aliphatic heterocycles. The summed E-state index contributed by atoms with van der Waals surface area (Å²) in [6.07, 6.45) is 3.11. The van der Waals surface area contributed by atoms with Gasteiger partial charge in [0, 0.05) is 35.9 Å². The van der Waals surface area contributed by atoms with Crippen LogP contribution < -0.4 is 5.32 Å². The molecule has 1 unspecified atom stereocenters. The van der Waals surface area contributed by atoms with Crippen molar-refractivity contribution < 1.29 is 9.53 Å². The second-order valence-corrected chi connectivity index (χ2v) is 9.47. The molecule has 3 aromatic rings. The van der Waals surface area contributed by atoms with Crippen molar-refractivity contribution in [1.82, 2.24) is 19.8 Å². The van der Waals surface area contributed by atoms with Crippen molar-refractivity contribution in [3.8, 4) is 17.2 Å². The van der Waals surface area contributed by atoms with Crippen molar-refractivity contribution in [2.24, 2.45) is 0 Å². The van der Waals surface area contributed by atoms with Gasteiger partial charge in [-0.3, -0.25) is 4.90 Å². The molecule has 1 atom stereocenters. The monoisotopic (exact) mass is 481 g/mol. The first kappa shape index (κ1) is 21.3. The molecule has 1 N–H and O–H groups in total. The Bertz CT molecular complexity index is 1160. The minimum atomic E-state index is -0.536. The van der Waals surface area contributed by atoms with E-state index in [1.165, 1.54) is 0 Å². The first-order valence-corrected chi connectivity index (χ1v) is 10.9. The number of nitriles is 1. The Morgan fingerprint density at radius 1 is 1.32 bits per heavy atom. The highest BCUT2D eigenvalue weighted by atomic mass is 79.9. The molecule has 1 saturated heterocycles. The normalized spacial score (nSPS) is 16.9. The maximum atomic E-state index is 12.7. The van der Waals surface area contributed by atoms with E-state index in [9.17, 15) is 10.1 Å². The van der Waals surface area contributed by atoms with Gasteiger partial charge in [0.25, 0.3) is 0 Å².